The Bertz CT molecular complexity index is 2910. The molecular formula is C50H32N2O. The molecule has 248 valence electrons. The van der Waals surface area contributed by atoms with E-state index >= 15 is 0 Å². The van der Waals surface area contributed by atoms with Gasteiger partial charge >= 0.3 is 0 Å². The number of rotatable bonds is 6. The molecule has 3 heteroatoms. The van der Waals surface area contributed by atoms with Crippen molar-refractivity contribution in [1.29, 1.82) is 0 Å². The van der Waals surface area contributed by atoms with Crippen LogP contribution in [-0.2, 0) is 0 Å². The van der Waals surface area contributed by atoms with E-state index in [0.29, 0.717) is 5.82 Å². The van der Waals surface area contributed by atoms with Crippen LogP contribution in [0.3, 0.4) is 0 Å². The molecule has 3 nitrogen and oxygen atoms in total. The van der Waals surface area contributed by atoms with Gasteiger partial charge in [0, 0.05) is 32.8 Å². The SMILES string of the molecule is c1ccc(-c2cccc(-c3cc(-c4ccc(-c5cc6c7ccc(-c8ccccc8)cc7oc6c6ccccc56)cc4)nc(-c4ccccc4)n3)c2)cc1. The first-order valence-electron chi connectivity index (χ1n) is 17.9. The maximum atomic E-state index is 6.61. The maximum Gasteiger partial charge on any atom is 0.160 e. The molecule has 53 heavy (non-hydrogen) atoms. The predicted octanol–water partition coefficient (Wildman–Crippen LogP) is 13.5. The maximum absolute atomic E-state index is 6.61. The summed E-state index contributed by atoms with van der Waals surface area (Å²) in [6.07, 6.45) is 0. The van der Waals surface area contributed by atoms with Gasteiger partial charge in [-0.2, -0.15) is 0 Å². The van der Waals surface area contributed by atoms with Gasteiger partial charge in [0.25, 0.3) is 0 Å². The van der Waals surface area contributed by atoms with Crippen molar-refractivity contribution >= 4 is 32.7 Å². The predicted molar refractivity (Wildman–Crippen MR) is 219 cm³/mol. The Kier molecular flexibility index (Phi) is 7.47. The smallest absolute Gasteiger partial charge is 0.160 e. The van der Waals surface area contributed by atoms with Crippen molar-refractivity contribution in [3.63, 3.8) is 0 Å². The Morgan fingerprint density at radius 2 is 0.830 bits per heavy atom. The van der Waals surface area contributed by atoms with Crippen molar-refractivity contribution in [2.45, 2.75) is 0 Å². The highest BCUT2D eigenvalue weighted by Crippen LogP contribution is 2.41. The average molecular weight is 677 g/mol. The molecule has 10 rings (SSSR count). The number of aromatic nitrogens is 2. The molecule has 0 radical (unpaired) electrons. The van der Waals surface area contributed by atoms with Gasteiger partial charge in [-0.05, 0) is 69.1 Å². The number of nitrogens with zero attached hydrogens (tertiary/aromatic N) is 2. The fourth-order valence-electron chi connectivity index (χ4n) is 7.42. The van der Waals surface area contributed by atoms with Crippen molar-refractivity contribution in [1.82, 2.24) is 9.97 Å². The minimum atomic E-state index is 0.700. The van der Waals surface area contributed by atoms with Gasteiger partial charge in [0.15, 0.2) is 5.82 Å². The largest absolute Gasteiger partial charge is 0.455 e. The van der Waals surface area contributed by atoms with E-state index in [1.807, 2.05) is 30.3 Å². The number of benzene rings is 8. The fourth-order valence-corrected chi connectivity index (χ4v) is 7.42. The monoisotopic (exact) mass is 676 g/mol. The molecule has 10 aromatic rings. The molecule has 0 amide bonds. The lowest BCUT2D eigenvalue weighted by atomic mass is 9.94. The Balaban J connectivity index is 1.08. The van der Waals surface area contributed by atoms with Gasteiger partial charge in [0.1, 0.15) is 11.2 Å². The van der Waals surface area contributed by atoms with Gasteiger partial charge in [-0.1, -0.05) is 164 Å². The lowest BCUT2D eigenvalue weighted by Crippen LogP contribution is -1.96. The van der Waals surface area contributed by atoms with Gasteiger partial charge in [0.05, 0.1) is 11.4 Å². The Hall–Kier alpha value is -7.10. The van der Waals surface area contributed by atoms with Crippen LogP contribution >= 0.6 is 0 Å². The normalized spacial score (nSPS) is 11.4. The quantitative estimate of drug-likeness (QED) is 0.176. The van der Waals surface area contributed by atoms with E-state index in [1.165, 1.54) is 16.7 Å². The summed E-state index contributed by atoms with van der Waals surface area (Å²) in [5.41, 5.74) is 13.6. The van der Waals surface area contributed by atoms with Gasteiger partial charge < -0.3 is 4.42 Å². The second-order valence-corrected chi connectivity index (χ2v) is 13.4. The van der Waals surface area contributed by atoms with Crippen LogP contribution in [0.25, 0.3) is 100.0 Å². The highest BCUT2D eigenvalue weighted by molar-refractivity contribution is 6.19. The molecule has 0 saturated heterocycles. The lowest BCUT2D eigenvalue weighted by Gasteiger charge is -2.12. The molecule has 0 fully saturated rings. The average Bonchev–Trinajstić information content (AvgIpc) is 3.62. The summed E-state index contributed by atoms with van der Waals surface area (Å²) in [6.45, 7) is 0. The second-order valence-electron chi connectivity index (χ2n) is 13.4. The first-order chi connectivity index (χ1) is 26.2. The van der Waals surface area contributed by atoms with Crippen LogP contribution < -0.4 is 0 Å². The third-order valence-corrected chi connectivity index (χ3v) is 10.1. The molecule has 2 aromatic heterocycles. The highest BCUT2D eigenvalue weighted by Gasteiger charge is 2.17. The second kappa shape index (κ2) is 12.9. The number of furan rings is 1. The zero-order valence-electron chi connectivity index (χ0n) is 28.8. The van der Waals surface area contributed by atoms with Crippen molar-refractivity contribution in [2.24, 2.45) is 0 Å². The molecule has 0 bridgehead atoms. The van der Waals surface area contributed by atoms with E-state index < -0.39 is 0 Å². The van der Waals surface area contributed by atoms with Crippen LogP contribution in [0.1, 0.15) is 0 Å². The summed E-state index contributed by atoms with van der Waals surface area (Å²) in [4.78, 5) is 10.2. The molecule has 0 aliphatic rings. The number of hydrogen-bond donors (Lipinski definition) is 0. The number of fused-ring (bicyclic) bond motifs is 5. The molecule has 2 heterocycles. The third-order valence-electron chi connectivity index (χ3n) is 10.1. The molecule has 0 aliphatic heterocycles. The Morgan fingerprint density at radius 1 is 0.302 bits per heavy atom. The Labute approximate surface area is 307 Å². The third kappa shape index (κ3) is 5.65. The molecule has 0 aliphatic carbocycles. The minimum absolute atomic E-state index is 0.700. The zero-order valence-corrected chi connectivity index (χ0v) is 28.8. The van der Waals surface area contributed by atoms with Crippen molar-refractivity contribution < 1.29 is 4.42 Å². The topological polar surface area (TPSA) is 38.9 Å². The zero-order chi connectivity index (χ0) is 35.1. The summed E-state index contributed by atoms with van der Waals surface area (Å²) in [6, 6.07) is 67.9. The van der Waals surface area contributed by atoms with Gasteiger partial charge in [-0.3, -0.25) is 0 Å². The first kappa shape index (κ1) is 30.7. The van der Waals surface area contributed by atoms with Crippen LogP contribution in [0, 0.1) is 0 Å². The van der Waals surface area contributed by atoms with Crippen LogP contribution in [-0.4, -0.2) is 9.97 Å². The van der Waals surface area contributed by atoms with E-state index in [2.05, 4.69) is 164 Å². The molecule has 8 aromatic carbocycles. The molecule has 0 atom stereocenters. The molecule has 0 unspecified atom stereocenters. The molecule has 0 spiro atoms. The summed E-state index contributed by atoms with van der Waals surface area (Å²) in [7, 11) is 0. The van der Waals surface area contributed by atoms with Crippen LogP contribution in [0.5, 0.6) is 0 Å². The lowest BCUT2D eigenvalue weighted by molar-refractivity contribution is 0.673. The van der Waals surface area contributed by atoms with Crippen LogP contribution in [0.15, 0.2) is 199 Å². The summed E-state index contributed by atoms with van der Waals surface area (Å²) in [5.74, 6) is 0.700. The van der Waals surface area contributed by atoms with Crippen LogP contribution in [0.2, 0.25) is 0 Å². The van der Waals surface area contributed by atoms with E-state index in [-0.39, 0.29) is 0 Å². The van der Waals surface area contributed by atoms with E-state index in [1.54, 1.807) is 0 Å². The molecule has 0 N–H and O–H groups in total. The standard InChI is InChI=1S/C50H32N2O/c1-4-13-33(14-5-1)38-19-12-20-40(29-38)47-32-46(51-50(52-47)37-17-8-3-9-18-37)36-25-23-35(24-26-36)44-31-45-42-28-27-39(34-15-6-2-7-16-34)30-48(42)53-49(45)43-22-11-10-21-41(43)44/h1-32H. The minimum Gasteiger partial charge on any atom is -0.455 e. The number of hydrogen-bond acceptors (Lipinski definition) is 3. The van der Waals surface area contributed by atoms with Gasteiger partial charge in [-0.25, -0.2) is 9.97 Å². The first-order valence-corrected chi connectivity index (χ1v) is 17.9. The molecule has 0 saturated carbocycles. The summed E-state index contributed by atoms with van der Waals surface area (Å²) < 4.78 is 6.61. The fraction of sp³-hybridized carbons (Fsp3) is 0. The van der Waals surface area contributed by atoms with Gasteiger partial charge in [-0.15, -0.1) is 0 Å². The van der Waals surface area contributed by atoms with E-state index in [0.717, 1.165) is 77.5 Å². The van der Waals surface area contributed by atoms with E-state index in [4.69, 9.17) is 14.4 Å². The van der Waals surface area contributed by atoms with E-state index in [9.17, 15) is 0 Å². The van der Waals surface area contributed by atoms with Crippen molar-refractivity contribution in [2.75, 3.05) is 0 Å². The van der Waals surface area contributed by atoms with Crippen molar-refractivity contribution in [3.05, 3.63) is 194 Å². The van der Waals surface area contributed by atoms with Gasteiger partial charge in [0.2, 0.25) is 0 Å². The summed E-state index contributed by atoms with van der Waals surface area (Å²) in [5, 5.41) is 4.49. The van der Waals surface area contributed by atoms with Crippen molar-refractivity contribution in [3.8, 4) is 67.3 Å². The van der Waals surface area contributed by atoms with Crippen LogP contribution in [0.4, 0.5) is 0 Å². The Morgan fingerprint density at radius 3 is 1.53 bits per heavy atom. The highest BCUT2D eigenvalue weighted by atomic mass is 16.3. The molecular weight excluding hydrogens is 645 g/mol. The summed E-state index contributed by atoms with van der Waals surface area (Å²) >= 11 is 0.